The van der Waals surface area contributed by atoms with Crippen LogP contribution in [0.4, 0.5) is 34.1 Å². The zero-order valence-electron chi connectivity index (χ0n) is 40.7. The van der Waals surface area contributed by atoms with Gasteiger partial charge in [0, 0.05) is 45.0 Å². The first kappa shape index (κ1) is 41.3. The van der Waals surface area contributed by atoms with Crippen molar-refractivity contribution in [3.8, 4) is 22.3 Å². The molecule has 2 nitrogen and oxygen atoms in total. The Bertz CT molecular complexity index is 3420. The Hall–Kier alpha value is -6.47. The first-order valence-corrected chi connectivity index (χ1v) is 31.5. The normalized spacial score (nSPS) is 19.5. The molecule has 8 aromatic carbocycles. The minimum absolute atomic E-state index is 0.0568. The molecule has 15 rings (SSSR count). The summed E-state index contributed by atoms with van der Waals surface area (Å²) in [6.45, 7) is 4.88. The van der Waals surface area contributed by atoms with E-state index in [-0.39, 0.29) is 10.8 Å². The third-order valence-corrected chi connectivity index (χ3v) is 29.7. The molecule has 342 valence electrons. The lowest BCUT2D eigenvalue weighted by atomic mass is 9.76. The summed E-state index contributed by atoms with van der Waals surface area (Å²) in [5.74, 6) is 0. The molecule has 0 N–H and O–H groups in total. The fourth-order valence-corrected chi connectivity index (χ4v) is 26.9. The predicted molar refractivity (Wildman–Crippen MR) is 301 cm³/mol. The van der Waals surface area contributed by atoms with Crippen molar-refractivity contribution in [2.24, 2.45) is 0 Å². The molecule has 0 unspecified atom stereocenters. The molecule has 0 aromatic heterocycles. The summed E-state index contributed by atoms with van der Waals surface area (Å²) in [5, 5.41) is 6.57. The Morgan fingerprint density at radius 3 is 1.16 bits per heavy atom. The fraction of sp³-hybridized carbons (Fsp3) is 0.242. The molecule has 4 heterocycles. The van der Waals surface area contributed by atoms with Crippen LogP contribution in [0.2, 0.25) is 24.2 Å². The molecule has 3 aliphatic carbocycles. The van der Waals surface area contributed by atoms with Gasteiger partial charge in [0.25, 0.3) is 0 Å². The van der Waals surface area contributed by atoms with Gasteiger partial charge in [-0.3, -0.25) is 0 Å². The van der Waals surface area contributed by atoms with E-state index in [1.54, 1.807) is 26.3 Å². The van der Waals surface area contributed by atoms with Gasteiger partial charge in [-0.1, -0.05) is 186 Å². The average molecular weight is 937 g/mol. The molecule has 0 amide bonds. The molecule has 8 aromatic rings. The van der Waals surface area contributed by atoms with E-state index in [4.69, 9.17) is 0 Å². The summed E-state index contributed by atoms with van der Waals surface area (Å²) in [7, 11) is -3.57. The molecule has 4 heteroatoms. The SMILES string of the molecule is CC1(C)c2cc(C=Cc3ccc4c(c3)C3(CCCC3)c3cc(N5c6ccccc6[Si]6(CCCC6)c6ccccc65)ccc3-4)ccc2-c2ccc(N3c4ccccc4[Si]4(CCCC4)c4ccccc43)cc21. The number of hydrogen-bond acceptors (Lipinski definition) is 2. The largest absolute Gasteiger partial charge is 0.311 e. The lowest BCUT2D eigenvalue weighted by molar-refractivity contribution is 0.550. The van der Waals surface area contributed by atoms with Crippen molar-refractivity contribution in [2.45, 2.75) is 100 Å². The highest BCUT2D eigenvalue weighted by molar-refractivity contribution is 7.05. The van der Waals surface area contributed by atoms with Gasteiger partial charge in [-0.05, 0) is 162 Å². The Morgan fingerprint density at radius 2 is 0.714 bits per heavy atom. The Labute approximate surface area is 416 Å². The lowest BCUT2D eigenvalue weighted by Gasteiger charge is -2.43. The molecule has 0 bridgehead atoms. The molecule has 1 saturated carbocycles. The Morgan fingerprint density at radius 1 is 0.371 bits per heavy atom. The molecule has 3 spiro atoms. The van der Waals surface area contributed by atoms with Gasteiger partial charge in [0.05, 0.1) is 0 Å². The van der Waals surface area contributed by atoms with E-state index in [1.165, 1.54) is 160 Å². The second kappa shape index (κ2) is 15.0. The van der Waals surface area contributed by atoms with Crippen LogP contribution in [0, 0.1) is 0 Å². The first-order valence-electron chi connectivity index (χ1n) is 26.6. The van der Waals surface area contributed by atoms with Crippen LogP contribution in [-0.2, 0) is 10.8 Å². The standard InChI is InChI=1S/C66H60N2Si2/c1-65(2)53-41-45(27-31-49(53)50-33-29-47(43-54(50)65)67-57-17-3-7-21-61(57)69(37-13-14-38-69)62-22-8-4-18-58(62)67)25-26-46-28-32-51-52-34-30-48(44-56(52)66(55(51)42-46)35-11-12-36-66)68-59-19-5-9-23-63(59)70(39-15-16-40-70)64-24-10-6-20-60(64)68/h3-10,17-34,41-44H,11-16,35-40H2,1-2H3. The van der Waals surface area contributed by atoms with Crippen molar-refractivity contribution in [2.75, 3.05) is 9.80 Å². The Balaban J connectivity index is 0.751. The molecule has 4 aliphatic heterocycles. The number of fused-ring (bicyclic) bond motifs is 16. The first-order chi connectivity index (χ1) is 34.4. The van der Waals surface area contributed by atoms with Crippen LogP contribution in [0.1, 0.15) is 98.6 Å². The summed E-state index contributed by atoms with van der Waals surface area (Å²) in [6.07, 6.45) is 15.2. The van der Waals surface area contributed by atoms with E-state index >= 15 is 0 Å². The molecular formula is C66H60N2Si2. The molecule has 7 aliphatic rings. The van der Waals surface area contributed by atoms with Crippen LogP contribution in [0.5, 0.6) is 0 Å². The molecular weight excluding hydrogens is 877 g/mol. The predicted octanol–water partition coefficient (Wildman–Crippen LogP) is 15.3. The van der Waals surface area contributed by atoms with Crippen molar-refractivity contribution in [3.63, 3.8) is 0 Å². The topological polar surface area (TPSA) is 6.48 Å². The number of hydrogen-bond donors (Lipinski definition) is 0. The highest BCUT2D eigenvalue weighted by Gasteiger charge is 2.50. The van der Waals surface area contributed by atoms with Gasteiger partial charge >= 0.3 is 0 Å². The monoisotopic (exact) mass is 936 g/mol. The minimum atomic E-state index is -1.79. The van der Waals surface area contributed by atoms with Gasteiger partial charge in [0.1, 0.15) is 16.1 Å². The van der Waals surface area contributed by atoms with E-state index in [1.807, 2.05) is 0 Å². The zero-order valence-corrected chi connectivity index (χ0v) is 42.7. The number of benzene rings is 8. The van der Waals surface area contributed by atoms with Gasteiger partial charge in [-0.15, -0.1) is 0 Å². The van der Waals surface area contributed by atoms with Crippen molar-refractivity contribution in [1.82, 2.24) is 0 Å². The molecule has 70 heavy (non-hydrogen) atoms. The summed E-state index contributed by atoms with van der Waals surface area (Å²) in [6, 6.07) is 72.7. The number of rotatable bonds is 4. The number of anilines is 6. The quantitative estimate of drug-likeness (QED) is 0.128. The van der Waals surface area contributed by atoms with Gasteiger partial charge in [-0.25, -0.2) is 0 Å². The highest BCUT2D eigenvalue weighted by atomic mass is 28.3. The third-order valence-electron chi connectivity index (χ3n) is 19.0. The van der Waals surface area contributed by atoms with Gasteiger partial charge < -0.3 is 9.80 Å². The fourth-order valence-electron chi connectivity index (χ4n) is 15.9. The molecule has 0 radical (unpaired) electrons. The zero-order chi connectivity index (χ0) is 46.4. The van der Waals surface area contributed by atoms with Crippen LogP contribution in [0.3, 0.4) is 0 Å². The van der Waals surface area contributed by atoms with Crippen LogP contribution in [0.15, 0.2) is 170 Å². The number of nitrogens with zero attached hydrogens (tertiary/aromatic N) is 2. The van der Waals surface area contributed by atoms with E-state index in [9.17, 15) is 0 Å². The molecule has 0 atom stereocenters. The minimum Gasteiger partial charge on any atom is -0.311 e. The summed E-state index contributed by atoms with van der Waals surface area (Å²) in [4.78, 5) is 5.23. The second-order valence-corrected chi connectivity index (χ2v) is 31.1. The molecule has 2 saturated heterocycles. The van der Waals surface area contributed by atoms with E-state index in [0.29, 0.717) is 0 Å². The summed E-state index contributed by atoms with van der Waals surface area (Å²) < 4.78 is 0. The summed E-state index contributed by atoms with van der Waals surface area (Å²) >= 11 is 0. The third kappa shape index (κ3) is 5.55. The van der Waals surface area contributed by atoms with Gasteiger partial charge in [0.2, 0.25) is 0 Å². The smallest absolute Gasteiger partial charge is 0.123 e. The van der Waals surface area contributed by atoms with Crippen molar-refractivity contribution in [3.05, 3.63) is 203 Å². The average Bonchev–Trinajstić information content (AvgIpc) is 4.27. The second-order valence-electron chi connectivity index (χ2n) is 22.6. The van der Waals surface area contributed by atoms with Crippen molar-refractivity contribution < 1.29 is 0 Å². The van der Waals surface area contributed by atoms with E-state index in [2.05, 4.69) is 206 Å². The van der Waals surface area contributed by atoms with Crippen molar-refractivity contribution >= 4 is 83.2 Å². The lowest BCUT2D eigenvalue weighted by Crippen LogP contribution is -2.60. The van der Waals surface area contributed by atoms with Crippen LogP contribution in [0.25, 0.3) is 34.4 Å². The summed E-state index contributed by atoms with van der Waals surface area (Å²) in [5.41, 5.74) is 22.3. The maximum absolute atomic E-state index is 2.63. The van der Waals surface area contributed by atoms with Gasteiger partial charge in [0.15, 0.2) is 0 Å². The van der Waals surface area contributed by atoms with Crippen LogP contribution in [-0.4, -0.2) is 16.1 Å². The maximum Gasteiger partial charge on any atom is 0.123 e. The molecule has 3 fully saturated rings. The van der Waals surface area contributed by atoms with Crippen LogP contribution >= 0.6 is 0 Å². The Kier molecular flexibility index (Phi) is 8.87. The van der Waals surface area contributed by atoms with Gasteiger partial charge in [-0.2, -0.15) is 0 Å². The number of para-hydroxylation sites is 4. The van der Waals surface area contributed by atoms with E-state index < -0.39 is 16.1 Å². The van der Waals surface area contributed by atoms with Crippen LogP contribution < -0.4 is 30.5 Å². The van der Waals surface area contributed by atoms with Crippen molar-refractivity contribution in [1.29, 1.82) is 0 Å². The maximum atomic E-state index is 2.63. The highest BCUT2D eigenvalue weighted by Crippen LogP contribution is 2.59. The van der Waals surface area contributed by atoms with E-state index in [0.717, 1.165) is 0 Å².